The predicted molar refractivity (Wildman–Crippen MR) is 152 cm³/mol. The molecule has 0 saturated heterocycles. The fraction of sp³-hybridized carbons (Fsp3) is 1.00. The molecule has 34 heavy (non-hydrogen) atoms. The summed E-state index contributed by atoms with van der Waals surface area (Å²) in [5.41, 5.74) is 0.223. The molecule has 2 heteroatoms. The van der Waals surface area contributed by atoms with Gasteiger partial charge in [-0.25, -0.2) is 9.78 Å². The monoisotopic (exact) mass is 483 g/mol. The lowest BCUT2D eigenvalue weighted by atomic mass is 9.85. The summed E-state index contributed by atoms with van der Waals surface area (Å²) in [7, 11) is 0. The summed E-state index contributed by atoms with van der Waals surface area (Å²) < 4.78 is 0. The third-order valence-electron chi connectivity index (χ3n) is 7.36. The second-order valence-electron chi connectivity index (χ2n) is 13.1. The zero-order chi connectivity index (χ0) is 25.7. The van der Waals surface area contributed by atoms with E-state index in [0.29, 0.717) is 0 Å². The minimum atomic E-state index is 0.111. The van der Waals surface area contributed by atoms with Crippen LogP contribution in [0.5, 0.6) is 0 Å². The molecule has 0 radical (unpaired) electrons. The molecule has 0 N–H and O–H groups in total. The van der Waals surface area contributed by atoms with Crippen LogP contribution in [0.2, 0.25) is 0 Å². The molecule has 0 aromatic heterocycles. The van der Waals surface area contributed by atoms with Gasteiger partial charge in [-0.1, -0.05) is 171 Å². The quantitative estimate of drug-likeness (QED) is 0.0818. The molecule has 0 aliphatic carbocycles. The molecule has 0 heterocycles. The second kappa shape index (κ2) is 21.0. The second-order valence-corrected chi connectivity index (χ2v) is 13.1. The molecule has 0 spiro atoms. The first-order chi connectivity index (χ1) is 16.1. The van der Waals surface area contributed by atoms with Crippen molar-refractivity contribution in [2.45, 2.75) is 196 Å². The van der Waals surface area contributed by atoms with Crippen LogP contribution in [0.1, 0.15) is 184 Å². The van der Waals surface area contributed by atoms with Crippen molar-refractivity contribution in [1.29, 1.82) is 0 Å². The van der Waals surface area contributed by atoms with Gasteiger partial charge in [0.05, 0.1) is 12.2 Å². The molecule has 0 fully saturated rings. The molecule has 2 atom stereocenters. The van der Waals surface area contributed by atoms with Crippen LogP contribution in [0.4, 0.5) is 0 Å². The minimum Gasteiger partial charge on any atom is -0.233 e. The molecule has 206 valence electrons. The lowest BCUT2D eigenvalue weighted by Gasteiger charge is -2.35. The van der Waals surface area contributed by atoms with Gasteiger partial charge in [-0.15, -0.1) is 0 Å². The summed E-state index contributed by atoms with van der Waals surface area (Å²) in [6, 6.07) is 0. The highest BCUT2D eigenvalue weighted by Crippen LogP contribution is 2.32. The van der Waals surface area contributed by atoms with Crippen molar-refractivity contribution in [3.8, 4) is 0 Å². The number of rotatable bonds is 23. The van der Waals surface area contributed by atoms with Crippen molar-refractivity contribution in [2.75, 3.05) is 0 Å². The SMILES string of the molecule is CCCCCCCCCCCC(OOC(CCCCCCCCCCC)C(C)(C)C)C(C)(C)C. The third-order valence-corrected chi connectivity index (χ3v) is 7.36. The van der Waals surface area contributed by atoms with E-state index in [1.165, 1.54) is 116 Å². The molecule has 0 aliphatic rings. The molecule has 0 aromatic carbocycles. The van der Waals surface area contributed by atoms with E-state index in [4.69, 9.17) is 9.78 Å². The van der Waals surface area contributed by atoms with Crippen LogP contribution in [0.3, 0.4) is 0 Å². The Labute approximate surface area is 216 Å². The Morgan fingerprint density at radius 1 is 0.382 bits per heavy atom. The van der Waals surface area contributed by atoms with E-state index >= 15 is 0 Å². The highest BCUT2D eigenvalue weighted by Gasteiger charge is 2.31. The normalized spacial score (nSPS) is 14.5. The molecule has 0 aliphatic heterocycles. The molecule has 0 rings (SSSR count). The number of hydrogen-bond acceptors (Lipinski definition) is 2. The highest BCUT2D eigenvalue weighted by molar-refractivity contribution is 4.76. The summed E-state index contributed by atoms with van der Waals surface area (Å²) in [4.78, 5) is 12.4. The lowest BCUT2D eigenvalue weighted by Crippen LogP contribution is -2.35. The summed E-state index contributed by atoms with van der Waals surface area (Å²) in [5, 5.41) is 0. The fourth-order valence-corrected chi connectivity index (χ4v) is 4.67. The average Bonchev–Trinajstić information content (AvgIpc) is 2.75. The van der Waals surface area contributed by atoms with Gasteiger partial charge in [-0.3, -0.25) is 0 Å². The maximum absolute atomic E-state index is 6.20. The van der Waals surface area contributed by atoms with Gasteiger partial charge in [0, 0.05) is 0 Å². The fourth-order valence-electron chi connectivity index (χ4n) is 4.67. The largest absolute Gasteiger partial charge is 0.233 e. The first kappa shape index (κ1) is 33.9. The van der Waals surface area contributed by atoms with Gasteiger partial charge >= 0.3 is 0 Å². The maximum Gasteiger partial charge on any atom is 0.0978 e. The van der Waals surface area contributed by atoms with Crippen molar-refractivity contribution >= 4 is 0 Å². The van der Waals surface area contributed by atoms with Crippen LogP contribution in [0, 0.1) is 10.8 Å². The Hall–Kier alpha value is -0.0800. The Bertz CT molecular complexity index is 378. The molecule has 0 saturated carbocycles. The molecule has 0 aromatic rings. The van der Waals surface area contributed by atoms with Crippen LogP contribution < -0.4 is 0 Å². The van der Waals surface area contributed by atoms with Gasteiger partial charge < -0.3 is 0 Å². The minimum absolute atomic E-state index is 0.111. The van der Waals surface area contributed by atoms with E-state index in [0.717, 1.165) is 12.8 Å². The predicted octanol–water partition coefficient (Wildman–Crippen LogP) is 11.6. The van der Waals surface area contributed by atoms with Gasteiger partial charge in [0.1, 0.15) is 0 Å². The summed E-state index contributed by atoms with van der Waals surface area (Å²) in [5.74, 6) is 0. The average molecular weight is 483 g/mol. The van der Waals surface area contributed by atoms with Crippen molar-refractivity contribution in [3.63, 3.8) is 0 Å². The Balaban J connectivity index is 4.23. The van der Waals surface area contributed by atoms with E-state index in [2.05, 4.69) is 55.4 Å². The van der Waals surface area contributed by atoms with E-state index in [-0.39, 0.29) is 23.0 Å². The maximum atomic E-state index is 6.20. The zero-order valence-electron chi connectivity index (χ0n) is 25.1. The van der Waals surface area contributed by atoms with Crippen LogP contribution in [-0.2, 0) is 9.78 Å². The molecule has 0 bridgehead atoms. The molecule has 2 nitrogen and oxygen atoms in total. The summed E-state index contributed by atoms with van der Waals surface area (Å²) in [6.07, 6.45) is 27.2. The Kier molecular flexibility index (Phi) is 21.0. The molecule has 0 amide bonds. The first-order valence-electron chi connectivity index (χ1n) is 15.4. The Morgan fingerprint density at radius 2 is 0.618 bits per heavy atom. The van der Waals surface area contributed by atoms with Gasteiger partial charge in [-0.05, 0) is 23.7 Å². The van der Waals surface area contributed by atoms with Crippen molar-refractivity contribution < 1.29 is 9.78 Å². The number of unbranched alkanes of at least 4 members (excludes halogenated alkanes) is 16. The first-order valence-corrected chi connectivity index (χ1v) is 15.4. The van der Waals surface area contributed by atoms with Gasteiger partial charge in [0.15, 0.2) is 0 Å². The van der Waals surface area contributed by atoms with E-state index in [1.54, 1.807) is 0 Å². The van der Waals surface area contributed by atoms with Gasteiger partial charge in [-0.2, -0.15) is 0 Å². The van der Waals surface area contributed by atoms with Gasteiger partial charge in [0.2, 0.25) is 0 Å². The smallest absolute Gasteiger partial charge is 0.0978 e. The van der Waals surface area contributed by atoms with E-state index < -0.39 is 0 Å². The van der Waals surface area contributed by atoms with Crippen molar-refractivity contribution in [2.24, 2.45) is 10.8 Å². The Morgan fingerprint density at radius 3 is 0.853 bits per heavy atom. The van der Waals surface area contributed by atoms with E-state index in [1.807, 2.05) is 0 Å². The zero-order valence-corrected chi connectivity index (χ0v) is 25.1. The highest BCUT2D eigenvalue weighted by atomic mass is 17.2. The van der Waals surface area contributed by atoms with Crippen LogP contribution in [0.25, 0.3) is 0 Å². The van der Waals surface area contributed by atoms with E-state index in [9.17, 15) is 0 Å². The topological polar surface area (TPSA) is 18.5 Å². The lowest BCUT2D eigenvalue weighted by molar-refractivity contribution is -0.380. The van der Waals surface area contributed by atoms with Crippen LogP contribution in [-0.4, -0.2) is 12.2 Å². The van der Waals surface area contributed by atoms with Gasteiger partial charge in [0.25, 0.3) is 0 Å². The third kappa shape index (κ3) is 20.1. The number of hydrogen-bond donors (Lipinski definition) is 0. The molecular weight excluding hydrogens is 416 g/mol. The molecule has 2 unspecified atom stereocenters. The van der Waals surface area contributed by atoms with Crippen molar-refractivity contribution in [3.05, 3.63) is 0 Å². The van der Waals surface area contributed by atoms with Crippen LogP contribution in [0.15, 0.2) is 0 Å². The standard InChI is InChI=1S/C32H66O2/c1-9-11-13-15-17-19-21-23-25-27-29(31(3,4)5)33-34-30(32(6,7)8)28-26-24-22-20-18-16-14-12-10-2/h29-30H,9-28H2,1-8H3. The van der Waals surface area contributed by atoms with Crippen molar-refractivity contribution in [1.82, 2.24) is 0 Å². The summed E-state index contributed by atoms with van der Waals surface area (Å²) >= 11 is 0. The molecular formula is C32H66O2. The van der Waals surface area contributed by atoms with Crippen LogP contribution >= 0.6 is 0 Å². The summed E-state index contributed by atoms with van der Waals surface area (Å²) in [6.45, 7) is 18.3.